The van der Waals surface area contributed by atoms with E-state index in [1.807, 2.05) is 0 Å². The second-order valence-corrected chi connectivity index (χ2v) is 4.56. The van der Waals surface area contributed by atoms with Crippen molar-refractivity contribution in [1.82, 2.24) is 0 Å². The Kier molecular flexibility index (Phi) is 2.66. The van der Waals surface area contributed by atoms with Gasteiger partial charge in [-0.3, -0.25) is 0 Å². The van der Waals surface area contributed by atoms with E-state index < -0.39 is 0 Å². The molecule has 1 aromatic carbocycles. The summed E-state index contributed by atoms with van der Waals surface area (Å²) in [6, 6.07) is 6.76. The quantitative estimate of drug-likeness (QED) is 0.742. The van der Waals surface area contributed by atoms with Crippen LogP contribution in [-0.4, -0.2) is 6.54 Å². The molecule has 2 N–H and O–H groups in total. The molecular formula is C14H19N. The van der Waals surface area contributed by atoms with E-state index in [1.165, 1.54) is 22.3 Å². The number of fused-ring (bicyclic) bond motifs is 1. The highest BCUT2D eigenvalue weighted by Gasteiger charge is 2.29. The number of aryl methyl sites for hydroxylation is 1. The molecule has 2 atom stereocenters. The third kappa shape index (κ3) is 1.61. The first kappa shape index (κ1) is 10.4. The molecule has 0 bridgehead atoms. The van der Waals surface area contributed by atoms with Crippen molar-refractivity contribution in [3.8, 4) is 0 Å². The molecule has 1 aliphatic carbocycles. The minimum absolute atomic E-state index is 0.602. The number of allylic oxidation sites excluding steroid dienone is 1. The summed E-state index contributed by atoms with van der Waals surface area (Å²) in [6.45, 7) is 7.38. The number of hydrogen-bond acceptors (Lipinski definition) is 1. The second-order valence-electron chi connectivity index (χ2n) is 4.56. The van der Waals surface area contributed by atoms with Crippen molar-refractivity contribution in [3.05, 3.63) is 41.0 Å². The van der Waals surface area contributed by atoms with Gasteiger partial charge < -0.3 is 5.73 Å². The normalized spacial score (nSPS) is 27.1. The molecule has 0 spiro atoms. The maximum atomic E-state index is 5.63. The monoisotopic (exact) mass is 201 g/mol. The summed E-state index contributed by atoms with van der Waals surface area (Å²) in [5.74, 6) is 1.23. The predicted molar refractivity (Wildman–Crippen MR) is 65.8 cm³/mol. The number of benzene rings is 1. The molecular weight excluding hydrogens is 182 g/mol. The van der Waals surface area contributed by atoms with Crippen LogP contribution >= 0.6 is 0 Å². The summed E-state index contributed by atoms with van der Waals surface area (Å²) in [4.78, 5) is 0. The molecule has 0 aliphatic heterocycles. The van der Waals surface area contributed by atoms with Gasteiger partial charge in [-0.15, -0.1) is 0 Å². The molecule has 2 unspecified atom stereocenters. The fourth-order valence-corrected chi connectivity index (χ4v) is 2.52. The SMILES string of the molecule is Cc1ccc2c(c1)/C(=C/CN)C(C)C2C. The van der Waals surface area contributed by atoms with Crippen LogP contribution in [0.5, 0.6) is 0 Å². The molecule has 1 aromatic rings. The number of rotatable bonds is 1. The van der Waals surface area contributed by atoms with Crippen LogP contribution in [-0.2, 0) is 0 Å². The molecule has 0 fully saturated rings. The molecule has 0 saturated heterocycles. The van der Waals surface area contributed by atoms with Gasteiger partial charge in [0.15, 0.2) is 0 Å². The molecule has 0 aromatic heterocycles. The van der Waals surface area contributed by atoms with Gasteiger partial charge in [-0.25, -0.2) is 0 Å². The summed E-state index contributed by atoms with van der Waals surface area (Å²) in [5, 5.41) is 0. The van der Waals surface area contributed by atoms with Gasteiger partial charge in [0, 0.05) is 6.54 Å². The minimum Gasteiger partial charge on any atom is -0.327 e. The van der Waals surface area contributed by atoms with Crippen LogP contribution in [0.2, 0.25) is 0 Å². The first-order valence-corrected chi connectivity index (χ1v) is 5.66. The highest BCUT2D eigenvalue weighted by Crippen LogP contribution is 2.45. The molecule has 1 aliphatic rings. The topological polar surface area (TPSA) is 26.0 Å². The Labute approximate surface area is 92.0 Å². The fraction of sp³-hybridized carbons (Fsp3) is 0.429. The smallest absolute Gasteiger partial charge is 0.0112 e. The van der Waals surface area contributed by atoms with Gasteiger partial charge >= 0.3 is 0 Å². The second kappa shape index (κ2) is 3.82. The molecule has 0 radical (unpaired) electrons. The van der Waals surface area contributed by atoms with Crippen molar-refractivity contribution < 1.29 is 0 Å². The zero-order valence-corrected chi connectivity index (χ0v) is 9.75. The van der Waals surface area contributed by atoms with E-state index in [4.69, 9.17) is 5.73 Å². The Morgan fingerprint density at radius 1 is 1.27 bits per heavy atom. The lowest BCUT2D eigenvalue weighted by Crippen LogP contribution is -2.00. The van der Waals surface area contributed by atoms with E-state index in [2.05, 4.69) is 45.0 Å². The number of nitrogens with two attached hydrogens (primary N) is 1. The Morgan fingerprint density at radius 3 is 2.67 bits per heavy atom. The Bertz CT molecular complexity index is 404. The van der Waals surface area contributed by atoms with Crippen LogP contribution in [0.15, 0.2) is 24.3 Å². The van der Waals surface area contributed by atoms with Crippen LogP contribution in [0.3, 0.4) is 0 Å². The molecule has 1 nitrogen and oxygen atoms in total. The summed E-state index contributed by atoms with van der Waals surface area (Å²) in [7, 11) is 0. The van der Waals surface area contributed by atoms with Crippen molar-refractivity contribution in [2.75, 3.05) is 6.54 Å². The van der Waals surface area contributed by atoms with Gasteiger partial charge in [-0.2, -0.15) is 0 Å². The maximum absolute atomic E-state index is 5.63. The van der Waals surface area contributed by atoms with E-state index in [1.54, 1.807) is 0 Å². The lowest BCUT2D eigenvalue weighted by atomic mass is 9.94. The third-order valence-electron chi connectivity index (χ3n) is 3.59. The molecule has 0 saturated carbocycles. The molecule has 2 rings (SSSR count). The molecule has 1 heteroatoms. The van der Waals surface area contributed by atoms with Crippen LogP contribution in [0.25, 0.3) is 5.57 Å². The first-order valence-electron chi connectivity index (χ1n) is 5.66. The van der Waals surface area contributed by atoms with Crippen molar-refractivity contribution >= 4 is 5.57 Å². The number of hydrogen-bond donors (Lipinski definition) is 1. The predicted octanol–water partition coefficient (Wildman–Crippen LogP) is 3.09. The highest BCUT2D eigenvalue weighted by atomic mass is 14.5. The molecule has 80 valence electrons. The lowest BCUT2D eigenvalue weighted by molar-refractivity contribution is 0.635. The maximum Gasteiger partial charge on any atom is 0.0112 e. The van der Waals surface area contributed by atoms with Crippen LogP contribution in [0, 0.1) is 12.8 Å². The van der Waals surface area contributed by atoms with E-state index in [0.29, 0.717) is 18.4 Å². The first-order chi connectivity index (χ1) is 7.15. The van der Waals surface area contributed by atoms with Gasteiger partial charge in [-0.1, -0.05) is 43.7 Å². The minimum atomic E-state index is 0.602. The summed E-state index contributed by atoms with van der Waals surface area (Å²) in [6.07, 6.45) is 2.17. The van der Waals surface area contributed by atoms with Gasteiger partial charge in [0.25, 0.3) is 0 Å². The van der Waals surface area contributed by atoms with Gasteiger partial charge in [-0.05, 0) is 35.5 Å². The van der Waals surface area contributed by atoms with Crippen LogP contribution in [0.1, 0.15) is 36.5 Å². The van der Waals surface area contributed by atoms with Crippen molar-refractivity contribution in [3.63, 3.8) is 0 Å². The van der Waals surface area contributed by atoms with Crippen LogP contribution in [0.4, 0.5) is 0 Å². The van der Waals surface area contributed by atoms with Crippen molar-refractivity contribution in [2.24, 2.45) is 11.7 Å². The van der Waals surface area contributed by atoms with E-state index in [9.17, 15) is 0 Å². The zero-order valence-electron chi connectivity index (χ0n) is 9.75. The van der Waals surface area contributed by atoms with Crippen molar-refractivity contribution in [2.45, 2.75) is 26.7 Å². The summed E-state index contributed by atoms with van der Waals surface area (Å²) in [5.41, 5.74) is 11.3. The van der Waals surface area contributed by atoms with Crippen LogP contribution < -0.4 is 5.73 Å². The van der Waals surface area contributed by atoms with Gasteiger partial charge in [0.05, 0.1) is 0 Å². The Morgan fingerprint density at radius 2 is 2.00 bits per heavy atom. The summed E-state index contributed by atoms with van der Waals surface area (Å²) < 4.78 is 0. The summed E-state index contributed by atoms with van der Waals surface area (Å²) >= 11 is 0. The average molecular weight is 201 g/mol. The average Bonchev–Trinajstić information content (AvgIpc) is 2.44. The Balaban J connectivity index is 2.57. The zero-order chi connectivity index (χ0) is 11.0. The Hall–Kier alpha value is -1.08. The van der Waals surface area contributed by atoms with Crippen molar-refractivity contribution in [1.29, 1.82) is 0 Å². The molecule has 0 heterocycles. The molecule has 15 heavy (non-hydrogen) atoms. The standard InChI is InChI=1S/C14H19N/c1-9-4-5-12-10(2)11(3)13(6-7-15)14(12)8-9/h4-6,8,10-11H,7,15H2,1-3H3/b13-6+. The van der Waals surface area contributed by atoms with Gasteiger partial charge in [0.1, 0.15) is 0 Å². The van der Waals surface area contributed by atoms with Gasteiger partial charge in [0.2, 0.25) is 0 Å². The van der Waals surface area contributed by atoms with E-state index in [0.717, 1.165) is 0 Å². The van der Waals surface area contributed by atoms with E-state index >= 15 is 0 Å². The fourth-order valence-electron chi connectivity index (χ4n) is 2.52. The van der Waals surface area contributed by atoms with E-state index in [-0.39, 0.29) is 0 Å². The largest absolute Gasteiger partial charge is 0.327 e. The lowest BCUT2D eigenvalue weighted by Gasteiger charge is -2.10. The highest BCUT2D eigenvalue weighted by molar-refractivity contribution is 5.76. The molecule has 0 amide bonds. The third-order valence-corrected chi connectivity index (χ3v) is 3.59.